The van der Waals surface area contributed by atoms with E-state index in [0.29, 0.717) is 12.8 Å². The molecule has 2 amide bonds. The van der Waals surface area contributed by atoms with Crippen molar-refractivity contribution in [2.45, 2.75) is 47.5 Å². The molecule has 4 heteroatoms. The number of carbonyl (C=O) groups excluding carboxylic acids is 2. The van der Waals surface area contributed by atoms with Gasteiger partial charge in [0.1, 0.15) is 0 Å². The summed E-state index contributed by atoms with van der Waals surface area (Å²) in [6, 6.07) is 2.21. The number of imide groups is 1. The van der Waals surface area contributed by atoms with Gasteiger partial charge in [0, 0.05) is 19.4 Å². The van der Waals surface area contributed by atoms with E-state index in [9.17, 15) is 9.59 Å². The summed E-state index contributed by atoms with van der Waals surface area (Å²) in [5, 5.41) is 9.17. The first kappa shape index (κ1) is 14.7. The van der Waals surface area contributed by atoms with Crippen molar-refractivity contribution in [2.75, 3.05) is 6.54 Å². The van der Waals surface area contributed by atoms with Crippen molar-refractivity contribution in [3.05, 3.63) is 0 Å². The standard InChI is InChI=1S/C14H22N2O2/c1-13(2,3)10(8-15)9-16-11(17)6-14(4,5)7-12(16)18/h10H,6-7,9H2,1-5H3/t10-/m1/s1. The molecule has 0 bridgehead atoms. The molecule has 18 heavy (non-hydrogen) atoms. The number of hydrogen-bond donors (Lipinski definition) is 0. The van der Waals surface area contributed by atoms with Crippen LogP contribution in [0.2, 0.25) is 0 Å². The number of nitrogens with zero attached hydrogens (tertiary/aromatic N) is 2. The van der Waals surface area contributed by atoms with E-state index in [-0.39, 0.29) is 35.1 Å². The second kappa shape index (κ2) is 4.72. The number of rotatable bonds is 2. The fourth-order valence-corrected chi connectivity index (χ4v) is 2.11. The number of amides is 2. The highest BCUT2D eigenvalue weighted by molar-refractivity contribution is 5.98. The molecule has 0 unspecified atom stereocenters. The van der Waals surface area contributed by atoms with Crippen molar-refractivity contribution < 1.29 is 9.59 Å². The van der Waals surface area contributed by atoms with Crippen LogP contribution in [0, 0.1) is 28.1 Å². The molecular weight excluding hydrogens is 228 g/mol. The zero-order valence-electron chi connectivity index (χ0n) is 11.9. The highest BCUT2D eigenvalue weighted by Gasteiger charge is 2.39. The normalized spacial score (nSPS) is 21.7. The number of hydrogen-bond acceptors (Lipinski definition) is 3. The van der Waals surface area contributed by atoms with Crippen LogP contribution in [0.25, 0.3) is 0 Å². The molecule has 1 aliphatic rings. The maximum Gasteiger partial charge on any atom is 0.229 e. The lowest BCUT2D eigenvalue weighted by molar-refractivity contribution is -0.153. The van der Waals surface area contributed by atoms with Crippen molar-refractivity contribution in [1.29, 1.82) is 5.26 Å². The van der Waals surface area contributed by atoms with Crippen LogP contribution in [0.4, 0.5) is 0 Å². The first-order valence-electron chi connectivity index (χ1n) is 6.30. The molecule has 100 valence electrons. The van der Waals surface area contributed by atoms with Gasteiger partial charge in [0.2, 0.25) is 11.8 Å². The van der Waals surface area contributed by atoms with Crippen LogP contribution in [0.5, 0.6) is 0 Å². The minimum absolute atomic E-state index is 0.152. The molecule has 0 saturated carbocycles. The van der Waals surface area contributed by atoms with Crippen LogP contribution >= 0.6 is 0 Å². The molecule has 0 aliphatic carbocycles. The third-order valence-corrected chi connectivity index (χ3v) is 3.43. The van der Waals surface area contributed by atoms with Gasteiger partial charge in [0.05, 0.1) is 12.0 Å². The molecule has 4 nitrogen and oxygen atoms in total. The van der Waals surface area contributed by atoms with Gasteiger partial charge in [-0.2, -0.15) is 5.26 Å². The van der Waals surface area contributed by atoms with E-state index >= 15 is 0 Å². The SMILES string of the molecule is CC1(C)CC(=O)N(C[C@@H](C#N)C(C)(C)C)C(=O)C1. The molecule has 1 aliphatic heterocycles. The van der Waals surface area contributed by atoms with Crippen molar-refractivity contribution in [3.63, 3.8) is 0 Å². The Hall–Kier alpha value is -1.37. The van der Waals surface area contributed by atoms with Gasteiger partial charge in [-0.05, 0) is 10.8 Å². The lowest BCUT2D eigenvalue weighted by atomic mass is 9.79. The van der Waals surface area contributed by atoms with E-state index in [1.807, 2.05) is 34.6 Å². The van der Waals surface area contributed by atoms with Crippen LogP contribution in [-0.4, -0.2) is 23.3 Å². The average molecular weight is 250 g/mol. The summed E-state index contributed by atoms with van der Waals surface area (Å²) in [7, 11) is 0. The second-order valence-electron chi connectivity index (χ2n) is 6.96. The Kier molecular flexibility index (Phi) is 3.85. The third-order valence-electron chi connectivity index (χ3n) is 3.43. The van der Waals surface area contributed by atoms with Crippen molar-refractivity contribution in [1.82, 2.24) is 4.90 Å². The maximum atomic E-state index is 12.0. The van der Waals surface area contributed by atoms with E-state index in [1.165, 1.54) is 4.90 Å². The molecule has 0 aromatic rings. The monoisotopic (exact) mass is 250 g/mol. The van der Waals surface area contributed by atoms with Gasteiger partial charge in [-0.1, -0.05) is 34.6 Å². The van der Waals surface area contributed by atoms with Gasteiger partial charge in [0.25, 0.3) is 0 Å². The molecule has 1 atom stereocenters. The van der Waals surface area contributed by atoms with Crippen molar-refractivity contribution in [2.24, 2.45) is 16.7 Å². The molecule has 0 N–H and O–H groups in total. The van der Waals surface area contributed by atoms with E-state index in [2.05, 4.69) is 6.07 Å². The average Bonchev–Trinajstić information content (AvgIpc) is 2.12. The lowest BCUT2D eigenvalue weighted by Gasteiger charge is -2.37. The number of piperidine rings is 1. The van der Waals surface area contributed by atoms with Crippen molar-refractivity contribution in [3.8, 4) is 6.07 Å². The summed E-state index contributed by atoms with van der Waals surface area (Å²) in [5.74, 6) is -0.631. The Morgan fingerprint density at radius 2 is 1.72 bits per heavy atom. The summed E-state index contributed by atoms with van der Waals surface area (Å²) < 4.78 is 0. The predicted molar refractivity (Wildman–Crippen MR) is 68.3 cm³/mol. The summed E-state index contributed by atoms with van der Waals surface area (Å²) in [6.07, 6.45) is 0.752. The molecule has 1 heterocycles. The molecule has 0 spiro atoms. The van der Waals surface area contributed by atoms with Crippen LogP contribution in [0.3, 0.4) is 0 Å². The minimum Gasteiger partial charge on any atom is -0.281 e. The highest BCUT2D eigenvalue weighted by atomic mass is 16.2. The van der Waals surface area contributed by atoms with Crippen molar-refractivity contribution >= 4 is 11.8 Å². The van der Waals surface area contributed by atoms with Crippen LogP contribution < -0.4 is 0 Å². The maximum absolute atomic E-state index is 12.0. The second-order valence-corrected chi connectivity index (χ2v) is 6.96. The Morgan fingerprint density at radius 3 is 2.06 bits per heavy atom. The minimum atomic E-state index is -0.327. The predicted octanol–water partition coefficient (Wildman–Crippen LogP) is 2.35. The lowest BCUT2D eigenvalue weighted by Crippen LogP contribution is -2.49. The smallest absolute Gasteiger partial charge is 0.229 e. The van der Waals surface area contributed by atoms with Crippen LogP contribution in [0.1, 0.15) is 47.5 Å². The fourth-order valence-electron chi connectivity index (χ4n) is 2.11. The first-order chi connectivity index (χ1) is 8.07. The third kappa shape index (κ3) is 3.32. The summed E-state index contributed by atoms with van der Waals surface area (Å²) >= 11 is 0. The molecule has 1 rings (SSSR count). The zero-order valence-corrected chi connectivity index (χ0v) is 11.9. The zero-order chi connectivity index (χ0) is 14.1. The largest absolute Gasteiger partial charge is 0.281 e. The molecular formula is C14H22N2O2. The Bertz CT molecular complexity index is 379. The summed E-state index contributed by atoms with van der Waals surface area (Å²) in [6.45, 7) is 9.91. The molecule has 0 aromatic carbocycles. The van der Waals surface area contributed by atoms with Gasteiger partial charge in [-0.3, -0.25) is 14.5 Å². The molecule has 1 saturated heterocycles. The topological polar surface area (TPSA) is 61.2 Å². The van der Waals surface area contributed by atoms with E-state index in [0.717, 1.165) is 0 Å². The van der Waals surface area contributed by atoms with Gasteiger partial charge in [-0.25, -0.2) is 0 Å². The Labute approximate surface area is 109 Å². The van der Waals surface area contributed by atoms with Crippen LogP contribution in [-0.2, 0) is 9.59 Å². The molecule has 1 fully saturated rings. The first-order valence-corrected chi connectivity index (χ1v) is 6.30. The van der Waals surface area contributed by atoms with Gasteiger partial charge in [0.15, 0.2) is 0 Å². The number of nitriles is 1. The molecule has 0 aromatic heterocycles. The quantitative estimate of drug-likeness (QED) is 0.707. The summed E-state index contributed by atoms with van der Waals surface area (Å²) in [5.41, 5.74) is -0.489. The highest BCUT2D eigenvalue weighted by Crippen LogP contribution is 2.33. The Morgan fingerprint density at radius 1 is 1.28 bits per heavy atom. The molecule has 0 radical (unpaired) electrons. The Balaban J connectivity index is 2.83. The number of likely N-dealkylation sites (tertiary alicyclic amines) is 1. The summed E-state index contributed by atoms with van der Waals surface area (Å²) in [4.78, 5) is 25.3. The van der Waals surface area contributed by atoms with Gasteiger partial charge in [-0.15, -0.1) is 0 Å². The fraction of sp³-hybridized carbons (Fsp3) is 0.786. The number of carbonyl (C=O) groups is 2. The van der Waals surface area contributed by atoms with E-state index in [1.54, 1.807) is 0 Å². The van der Waals surface area contributed by atoms with Crippen LogP contribution in [0.15, 0.2) is 0 Å². The van der Waals surface area contributed by atoms with E-state index in [4.69, 9.17) is 5.26 Å². The van der Waals surface area contributed by atoms with Gasteiger partial charge < -0.3 is 0 Å². The van der Waals surface area contributed by atoms with E-state index < -0.39 is 0 Å². The van der Waals surface area contributed by atoms with Gasteiger partial charge >= 0.3 is 0 Å².